The summed E-state index contributed by atoms with van der Waals surface area (Å²) in [4.78, 5) is 37.4. The number of hydrogen-bond acceptors (Lipinski definition) is 8. The molecule has 10 heteroatoms. The number of ether oxygens (including phenoxy) is 2. The van der Waals surface area contributed by atoms with Crippen molar-refractivity contribution in [2.45, 2.75) is 148 Å². The van der Waals surface area contributed by atoms with Gasteiger partial charge in [-0.05, 0) is 83.5 Å². The van der Waals surface area contributed by atoms with E-state index >= 15 is 0 Å². The Morgan fingerprint density at radius 1 is 0.571 bits per heavy atom. The van der Waals surface area contributed by atoms with Crippen molar-refractivity contribution in [3.8, 4) is 0 Å². The molecule has 0 aromatic heterocycles. The molecule has 0 spiro atoms. The van der Waals surface area contributed by atoms with Crippen LogP contribution in [0.15, 0.2) is 85.1 Å². The van der Waals surface area contributed by atoms with Crippen LogP contribution in [0.4, 0.5) is 0 Å². The number of likely N-dealkylation sites (N-methyl/N-ethyl adjacent to an activating group) is 1. The van der Waals surface area contributed by atoms with Crippen LogP contribution in [0, 0.1) is 0 Å². The first-order valence-electron chi connectivity index (χ1n) is 21.3. The number of allylic oxidation sites excluding steroid dienone is 14. The molecule has 0 aromatic carbocycles. The van der Waals surface area contributed by atoms with Gasteiger partial charge >= 0.3 is 11.9 Å². The van der Waals surface area contributed by atoms with Crippen LogP contribution in [0.5, 0.6) is 0 Å². The first-order valence-corrected chi connectivity index (χ1v) is 22.8. The molecule has 0 saturated heterocycles. The third-order valence-corrected chi connectivity index (χ3v) is 9.36. The fourth-order valence-electron chi connectivity index (χ4n) is 5.07. The van der Waals surface area contributed by atoms with Gasteiger partial charge in [-0.3, -0.25) is 14.2 Å². The SMILES string of the molecule is CC/C=C/C/C=C/C/C=C/C/C=C/CCCCC(=O)OC[C@H](COP(=O)([O-])OCC[N+](C)(C)C)OC(=O)CCC/C=C/C/C=C/C/C=C/CCCCCCCC. The number of phosphoric ester groups is 1. The molecule has 0 aliphatic heterocycles. The maximum atomic E-state index is 12.6. The number of esters is 2. The monoisotopic (exact) mass is 804 g/mol. The van der Waals surface area contributed by atoms with Gasteiger partial charge in [-0.25, -0.2) is 0 Å². The van der Waals surface area contributed by atoms with E-state index in [2.05, 4.69) is 92.8 Å². The second kappa shape index (κ2) is 37.7. The molecule has 0 N–H and O–H groups in total. The van der Waals surface area contributed by atoms with E-state index in [9.17, 15) is 19.0 Å². The summed E-state index contributed by atoms with van der Waals surface area (Å²) in [6.07, 6.45) is 47.7. The standard InChI is InChI=1S/C46H78NO8P/c1-6-8-10-12-14-16-18-20-22-23-25-27-29-31-33-35-37-39-46(49)55-44(43-54-56(50,51)53-41-40-47(3,4)5)42-52-45(48)38-36-34-32-30-28-26-24-21-19-17-15-13-11-9-7-2/h9,11,15,17,20-22,24-25,27-28,30-31,33,44H,6-8,10,12-14,16,18-19,23,26,29,32,34-43H2,1-5H3/b11-9+,17-15+,22-20+,24-21+,27-25+,30-28+,33-31+/t44-/m1/s1. The summed E-state index contributed by atoms with van der Waals surface area (Å²) in [5.41, 5.74) is 0. The van der Waals surface area contributed by atoms with Gasteiger partial charge in [-0.2, -0.15) is 0 Å². The predicted octanol–water partition coefficient (Wildman–Crippen LogP) is 11.4. The van der Waals surface area contributed by atoms with Crippen molar-refractivity contribution in [3.05, 3.63) is 85.1 Å². The molecule has 0 aromatic rings. The molecule has 2 atom stereocenters. The molecule has 1 unspecified atom stereocenters. The van der Waals surface area contributed by atoms with Gasteiger partial charge in [0, 0.05) is 12.8 Å². The van der Waals surface area contributed by atoms with Gasteiger partial charge < -0.3 is 27.9 Å². The number of phosphoric acid groups is 1. The molecule has 0 aliphatic carbocycles. The summed E-state index contributed by atoms with van der Waals surface area (Å²) in [6.45, 7) is 3.97. The number of hydrogen-bond donors (Lipinski definition) is 0. The topological polar surface area (TPSA) is 111 Å². The van der Waals surface area contributed by atoms with E-state index in [1.54, 1.807) is 0 Å². The van der Waals surface area contributed by atoms with E-state index in [4.69, 9.17) is 18.5 Å². The number of carbonyl (C=O) groups excluding carboxylic acids is 2. The Morgan fingerprint density at radius 2 is 1.04 bits per heavy atom. The Balaban J connectivity index is 4.56. The molecule has 0 bridgehead atoms. The van der Waals surface area contributed by atoms with Crippen LogP contribution >= 0.6 is 7.82 Å². The van der Waals surface area contributed by atoms with Crippen molar-refractivity contribution in [1.82, 2.24) is 0 Å². The fraction of sp³-hybridized carbons (Fsp3) is 0.652. The number of carbonyl (C=O) groups is 2. The smallest absolute Gasteiger partial charge is 0.306 e. The minimum Gasteiger partial charge on any atom is -0.756 e. The van der Waals surface area contributed by atoms with Crippen molar-refractivity contribution in [2.24, 2.45) is 0 Å². The van der Waals surface area contributed by atoms with Crippen LogP contribution in [0.1, 0.15) is 142 Å². The van der Waals surface area contributed by atoms with Crippen LogP contribution in [0.25, 0.3) is 0 Å². The quantitative estimate of drug-likeness (QED) is 0.0201. The highest BCUT2D eigenvalue weighted by atomic mass is 31.2. The van der Waals surface area contributed by atoms with Crippen LogP contribution in [0.3, 0.4) is 0 Å². The summed E-state index contributed by atoms with van der Waals surface area (Å²) in [6, 6.07) is 0. The highest BCUT2D eigenvalue weighted by Gasteiger charge is 2.21. The van der Waals surface area contributed by atoms with E-state index in [0.717, 1.165) is 57.8 Å². The van der Waals surface area contributed by atoms with E-state index in [0.29, 0.717) is 30.3 Å². The molecule has 0 heterocycles. The zero-order valence-electron chi connectivity index (χ0n) is 35.8. The van der Waals surface area contributed by atoms with E-state index in [1.807, 2.05) is 27.2 Å². The van der Waals surface area contributed by atoms with Gasteiger partial charge in [0.15, 0.2) is 6.10 Å². The number of nitrogens with zero attached hydrogens (tertiary/aromatic N) is 1. The fourth-order valence-corrected chi connectivity index (χ4v) is 5.80. The van der Waals surface area contributed by atoms with E-state index < -0.39 is 32.5 Å². The summed E-state index contributed by atoms with van der Waals surface area (Å²) in [5.74, 6) is -0.954. The van der Waals surface area contributed by atoms with Crippen molar-refractivity contribution in [2.75, 3.05) is 47.5 Å². The van der Waals surface area contributed by atoms with Crippen molar-refractivity contribution in [1.29, 1.82) is 0 Å². The Hall–Kier alpha value is -2.81. The van der Waals surface area contributed by atoms with E-state index in [1.165, 1.54) is 38.5 Å². The van der Waals surface area contributed by atoms with Gasteiger partial charge in [0.25, 0.3) is 7.82 Å². The average molecular weight is 804 g/mol. The van der Waals surface area contributed by atoms with Crippen molar-refractivity contribution in [3.63, 3.8) is 0 Å². The second-order valence-electron chi connectivity index (χ2n) is 15.0. The minimum atomic E-state index is -4.65. The summed E-state index contributed by atoms with van der Waals surface area (Å²) < 4.78 is 33.7. The molecule has 0 fully saturated rings. The third-order valence-electron chi connectivity index (χ3n) is 8.40. The highest BCUT2D eigenvalue weighted by molar-refractivity contribution is 7.45. The lowest BCUT2D eigenvalue weighted by Crippen LogP contribution is -2.37. The largest absolute Gasteiger partial charge is 0.756 e. The van der Waals surface area contributed by atoms with Crippen LogP contribution in [0.2, 0.25) is 0 Å². The molecule has 0 radical (unpaired) electrons. The molecule has 320 valence electrons. The molecule has 56 heavy (non-hydrogen) atoms. The van der Waals surface area contributed by atoms with Crippen LogP contribution in [-0.4, -0.2) is 70.0 Å². The summed E-state index contributed by atoms with van der Waals surface area (Å²) >= 11 is 0. The first kappa shape index (κ1) is 53.2. The zero-order chi connectivity index (χ0) is 41.4. The summed E-state index contributed by atoms with van der Waals surface area (Å²) in [5, 5.41) is 0. The normalized spacial score (nSPS) is 14.5. The Kier molecular flexibility index (Phi) is 35.9. The molecule has 0 saturated carbocycles. The molecule has 9 nitrogen and oxygen atoms in total. The lowest BCUT2D eigenvalue weighted by Gasteiger charge is -2.28. The van der Waals surface area contributed by atoms with Crippen molar-refractivity contribution < 1.29 is 42.1 Å². The third kappa shape index (κ3) is 40.8. The Bertz CT molecular complexity index is 1230. The summed E-state index contributed by atoms with van der Waals surface area (Å²) in [7, 11) is 1.10. The lowest BCUT2D eigenvalue weighted by atomic mass is 10.1. The number of unbranched alkanes of at least 4 members (excludes halogenated alkanes) is 9. The van der Waals surface area contributed by atoms with Gasteiger partial charge in [0.1, 0.15) is 19.8 Å². The van der Waals surface area contributed by atoms with Gasteiger partial charge in [0.2, 0.25) is 0 Å². The second-order valence-corrected chi connectivity index (χ2v) is 16.4. The average Bonchev–Trinajstić information content (AvgIpc) is 3.15. The maximum absolute atomic E-state index is 12.6. The molecule has 0 rings (SSSR count). The molecule has 0 aliphatic rings. The Morgan fingerprint density at radius 3 is 1.57 bits per heavy atom. The molecular weight excluding hydrogens is 725 g/mol. The molecular formula is C46H78NO8P. The predicted molar refractivity (Wildman–Crippen MR) is 231 cm³/mol. The lowest BCUT2D eigenvalue weighted by molar-refractivity contribution is -0.870. The zero-order valence-corrected chi connectivity index (χ0v) is 36.7. The van der Waals surface area contributed by atoms with Crippen LogP contribution in [-0.2, 0) is 32.7 Å². The van der Waals surface area contributed by atoms with E-state index in [-0.39, 0.29) is 26.1 Å². The highest BCUT2D eigenvalue weighted by Crippen LogP contribution is 2.38. The minimum absolute atomic E-state index is 0.0513. The van der Waals surface area contributed by atoms with Gasteiger partial charge in [-0.1, -0.05) is 131 Å². The maximum Gasteiger partial charge on any atom is 0.306 e. The first-order chi connectivity index (χ1) is 27.0. The van der Waals surface area contributed by atoms with Gasteiger partial charge in [-0.15, -0.1) is 0 Å². The van der Waals surface area contributed by atoms with Gasteiger partial charge in [0.05, 0.1) is 27.7 Å². The number of rotatable bonds is 37. The van der Waals surface area contributed by atoms with Crippen LogP contribution < -0.4 is 4.89 Å². The molecule has 0 amide bonds. The van der Waals surface area contributed by atoms with Crippen molar-refractivity contribution >= 4 is 19.8 Å². The number of quaternary nitrogens is 1. The Labute approximate surface area is 341 Å².